The van der Waals surface area contributed by atoms with Crippen LogP contribution >= 0.6 is 10.7 Å². The Hall–Kier alpha value is -0.580. The molecule has 0 radical (unpaired) electrons. The summed E-state index contributed by atoms with van der Waals surface area (Å²) in [4.78, 5) is 0.127. The smallest absolute Gasteiger partial charge is 0.261 e. The fourth-order valence-electron chi connectivity index (χ4n) is 1.84. The van der Waals surface area contributed by atoms with Gasteiger partial charge in [0.25, 0.3) is 9.05 Å². The first-order valence-corrected chi connectivity index (χ1v) is 8.96. The Morgan fingerprint density at radius 3 is 2.26 bits per heavy atom. The van der Waals surface area contributed by atoms with E-state index >= 15 is 0 Å². The molecule has 0 saturated heterocycles. The van der Waals surface area contributed by atoms with Crippen LogP contribution in [0.3, 0.4) is 0 Å². The zero-order chi connectivity index (χ0) is 14.3. The lowest BCUT2D eigenvalue weighted by atomic mass is 10.0. The average molecular weight is 305 g/mol. The van der Waals surface area contributed by atoms with E-state index < -0.39 is 9.05 Å². The van der Waals surface area contributed by atoms with Gasteiger partial charge in [-0.05, 0) is 30.5 Å². The summed E-state index contributed by atoms with van der Waals surface area (Å²) in [7, 11) is 1.65. The van der Waals surface area contributed by atoms with Gasteiger partial charge in [-0.15, -0.1) is 0 Å². The monoisotopic (exact) mass is 304 g/mol. The minimum absolute atomic E-state index is 0.0342. The average Bonchev–Trinajstić information content (AvgIpc) is 2.38. The van der Waals surface area contributed by atoms with Gasteiger partial charge in [0.05, 0.1) is 11.0 Å². The van der Waals surface area contributed by atoms with Crippen LogP contribution in [0.2, 0.25) is 0 Å². The Morgan fingerprint density at radius 1 is 1.16 bits per heavy atom. The van der Waals surface area contributed by atoms with Crippen molar-refractivity contribution >= 4 is 19.7 Å². The SMILES string of the molecule is CCCC[C@@H](OCCC)c1ccc(S(=O)(=O)Cl)cc1. The first kappa shape index (κ1) is 16.5. The Bertz CT molecular complexity index is 460. The van der Waals surface area contributed by atoms with Crippen LogP contribution in [0.25, 0.3) is 0 Å². The number of benzene rings is 1. The number of ether oxygens (including phenoxy) is 1. The summed E-state index contributed by atoms with van der Waals surface area (Å²) in [5, 5.41) is 0. The lowest BCUT2D eigenvalue weighted by Gasteiger charge is -2.18. The molecule has 0 N–H and O–H groups in total. The quantitative estimate of drug-likeness (QED) is 0.674. The van der Waals surface area contributed by atoms with Gasteiger partial charge in [-0.3, -0.25) is 0 Å². The van der Waals surface area contributed by atoms with Gasteiger partial charge < -0.3 is 4.74 Å². The Labute approximate surface area is 120 Å². The van der Waals surface area contributed by atoms with Crippen molar-refractivity contribution < 1.29 is 13.2 Å². The Morgan fingerprint density at radius 2 is 1.79 bits per heavy atom. The van der Waals surface area contributed by atoms with Crippen LogP contribution in [-0.4, -0.2) is 15.0 Å². The second-order valence-corrected chi connectivity index (χ2v) is 7.07. The molecule has 1 rings (SSSR count). The van der Waals surface area contributed by atoms with Crippen molar-refractivity contribution in [3.05, 3.63) is 29.8 Å². The van der Waals surface area contributed by atoms with Crippen LogP contribution in [0.4, 0.5) is 0 Å². The molecule has 0 heterocycles. The molecule has 1 atom stereocenters. The third-order valence-corrected chi connectivity index (χ3v) is 4.25. The molecule has 3 nitrogen and oxygen atoms in total. The number of hydrogen-bond acceptors (Lipinski definition) is 3. The summed E-state index contributed by atoms with van der Waals surface area (Å²) in [5.74, 6) is 0. The highest BCUT2D eigenvalue weighted by molar-refractivity contribution is 8.13. The van der Waals surface area contributed by atoms with Crippen molar-refractivity contribution in [2.45, 2.75) is 50.5 Å². The van der Waals surface area contributed by atoms with Crippen LogP contribution < -0.4 is 0 Å². The molecule has 0 aliphatic carbocycles. The summed E-state index contributed by atoms with van der Waals surface area (Å²) >= 11 is 0. The van der Waals surface area contributed by atoms with E-state index in [-0.39, 0.29) is 11.0 Å². The molecule has 0 aliphatic heterocycles. The molecule has 5 heteroatoms. The first-order chi connectivity index (χ1) is 8.99. The van der Waals surface area contributed by atoms with Crippen molar-refractivity contribution in [3.8, 4) is 0 Å². The minimum Gasteiger partial charge on any atom is -0.374 e. The van der Waals surface area contributed by atoms with Gasteiger partial charge in [0.15, 0.2) is 0 Å². The molecule has 0 spiro atoms. The van der Waals surface area contributed by atoms with Crippen molar-refractivity contribution in [3.63, 3.8) is 0 Å². The highest BCUT2D eigenvalue weighted by atomic mass is 35.7. The molecule has 0 saturated carbocycles. The molecule has 19 heavy (non-hydrogen) atoms. The van der Waals surface area contributed by atoms with E-state index in [1.54, 1.807) is 12.1 Å². The van der Waals surface area contributed by atoms with Gasteiger partial charge in [0, 0.05) is 17.3 Å². The number of hydrogen-bond donors (Lipinski definition) is 0. The number of rotatable bonds is 8. The maximum atomic E-state index is 11.2. The molecular weight excluding hydrogens is 284 g/mol. The van der Waals surface area contributed by atoms with Crippen LogP contribution in [0.1, 0.15) is 51.2 Å². The van der Waals surface area contributed by atoms with Crippen molar-refractivity contribution in [1.29, 1.82) is 0 Å². The normalized spacial score (nSPS) is 13.4. The topological polar surface area (TPSA) is 43.4 Å². The Kier molecular flexibility index (Phi) is 6.83. The van der Waals surface area contributed by atoms with Gasteiger partial charge in [0.1, 0.15) is 0 Å². The maximum Gasteiger partial charge on any atom is 0.261 e. The van der Waals surface area contributed by atoms with Gasteiger partial charge in [-0.1, -0.05) is 38.8 Å². The number of halogens is 1. The fourth-order valence-corrected chi connectivity index (χ4v) is 2.61. The van der Waals surface area contributed by atoms with Crippen LogP contribution in [0.5, 0.6) is 0 Å². The fraction of sp³-hybridized carbons (Fsp3) is 0.571. The molecule has 1 aromatic carbocycles. The number of unbranched alkanes of at least 4 members (excludes halogenated alkanes) is 1. The third-order valence-electron chi connectivity index (χ3n) is 2.88. The third kappa shape index (κ3) is 5.51. The van der Waals surface area contributed by atoms with Gasteiger partial charge in [-0.25, -0.2) is 8.42 Å². The summed E-state index contributed by atoms with van der Waals surface area (Å²) in [6.45, 7) is 4.92. The Balaban J connectivity index is 2.83. The lowest BCUT2D eigenvalue weighted by molar-refractivity contribution is 0.0455. The van der Waals surface area contributed by atoms with E-state index in [9.17, 15) is 8.42 Å². The summed E-state index contributed by atoms with van der Waals surface area (Å²) in [6.07, 6.45) is 4.15. The van der Waals surface area contributed by atoms with E-state index in [4.69, 9.17) is 15.4 Å². The molecule has 0 amide bonds. The minimum atomic E-state index is -3.65. The summed E-state index contributed by atoms with van der Waals surface area (Å²) in [6, 6.07) is 6.63. The zero-order valence-corrected chi connectivity index (χ0v) is 13.0. The van der Waals surface area contributed by atoms with Crippen LogP contribution in [0.15, 0.2) is 29.2 Å². The summed E-state index contributed by atoms with van der Waals surface area (Å²) < 4.78 is 28.2. The highest BCUT2D eigenvalue weighted by Crippen LogP contribution is 2.25. The highest BCUT2D eigenvalue weighted by Gasteiger charge is 2.14. The maximum absolute atomic E-state index is 11.2. The predicted molar refractivity (Wildman–Crippen MR) is 78.0 cm³/mol. The van der Waals surface area contributed by atoms with E-state index in [2.05, 4.69) is 13.8 Å². The van der Waals surface area contributed by atoms with Gasteiger partial charge in [-0.2, -0.15) is 0 Å². The lowest BCUT2D eigenvalue weighted by Crippen LogP contribution is -2.06. The van der Waals surface area contributed by atoms with E-state index in [1.807, 2.05) is 0 Å². The molecule has 0 unspecified atom stereocenters. The van der Waals surface area contributed by atoms with Crippen LogP contribution in [0, 0.1) is 0 Å². The molecule has 108 valence electrons. The predicted octanol–water partition coefficient (Wildman–Crippen LogP) is 4.27. The van der Waals surface area contributed by atoms with Crippen molar-refractivity contribution in [2.75, 3.05) is 6.61 Å². The van der Waals surface area contributed by atoms with Crippen molar-refractivity contribution in [1.82, 2.24) is 0 Å². The van der Waals surface area contributed by atoms with E-state index in [0.717, 1.165) is 31.2 Å². The first-order valence-electron chi connectivity index (χ1n) is 6.65. The van der Waals surface area contributed by atoms with Gasteiger partial charge >= 0.3 is 0 Å². The molecule has 0 aliphatic rings. The molecule has 0 aromatic heterocycles. The van der Waals surface area contributed by atoms with Crippen molar-refractivity contribution in [2.24, 2.45) is 0 Å². The van der Waals surface area contributed by atoms with E-state index in [1.165, 1.54) is 12.1 Å². The second-order valence-electron chi connectivity index (χ2n) is 4.51. The van der Waals surface area contributed by atoms with Gasteiger partial charge in [0.2, 0.25) is 0 Å². The molecule has 0 bridgehead atoms. The second kappa shape index (κ2) is 7.88. The standard InChI is InChI=1S/C14H21ClO3S/c1-3-5-6-14(18-11-4-2)12-7-9-13(10-8-12)19(15,16)17/h7-10,14H,3-6,11H2,1-2H3/t14-/m1/s1. The van der Waals surface area contributed by atoms with Crippen LogP contribution in [-0.2, 0) is 13.8 Å². The largest absolute Gasteiger partial charge is 0.374 e. The van der Waals surface area contributed by atoms with E-state index in [0.29, 0.717) is 6.61 Å². The molecule has 1 aromatic rings. The molecular formula is C14H21ClO3S. The molecule has 0 fully saturated rings. The summed E-state index contributed by atoms with van der Waals surface area (Å²) in [5.41, 5.74) is 1.01. The zero-order valence-electron chi connectivity index (χ0n) is 11.4.